The van der Waals surface area contributed by atoms with Crippen LogP contribution in [-0.2, 0) is 9.53 Å². The van der Waals surface area contributed by atoms with E-state index >= 15 is 0 Å². The molecule has 0 N–H and O–H groups in total. The highest BCUT2D eigenvalue weighted by Gasteiger charge is 2.48. The van der Waals surface area contributed by atoms with Crippen molar-refractivity contribution in [1.82, 2.24) is 9.80 Å². The van der Waals surface area contributed by atoms with E-state index in [-0.39, 0.29) is 29.9 Å². The van der Waals surface area contributed by atoms with Crippen LogP contribution in [0.2, 0.25) is 0 Å². The third-order valence-electron chi connectivity index (χ3n) is 3.13. The van der Waals surface area contributed by atoms with Gasteiger partial charge in [-0.1, -0.05) is 0 Å². The van der Waals surface area contributed by atoms with Crippen LogP contribution in [0.25, 0.3) is 0 Å². The van der Waals surface area contributed by atoms with Crippen LogP contribution in [-0.4, -0.2) is 54.1 Å². The maximum absolute atomic E-state index is 12.0. The van der Waals surface area contributed by atoms with E-state index in [1.54, 1.807) is 11.9 Å². The molecule has 2 aliphatic heterocycles. The molecule has 0 radical (unpaired) electrons. The van der Waals surface area contributed by atoms with Crippen molar-refractivity contribution in [2.75, 3.05) is 20.3 Å². The van der Waals surface area contributed by atoms with Crippen molar-refractivity contribution in [1.29, 1.82) is 0 Å². The SMILES string of the molecule is CC(C)N1C(=O)C2COCC2N(C)C1=O. The van der Waals surface area contributed by atoms with Crippen molar-refractivity contribution in [2.24, 2.45) is 5.92 Å². The van der Waals surface area contributed by atoms with Gasteiger partial charge < -0.3 is 9.64 Å². The molecular formula is C10H16N2O3. The minimum atomic E-state index is -0.207. The summed E-state index contributed by atoms with van der Waals surface area (Å²) in [6.07, 6.45) is 0. The molecule has 2 fully saturated rings. The number of fused-ring (bicyclic) bond motifs is 1. The smallest absolute Gasteiger partial charge is 0.327 e. The molecule has 0 aromatic rings. The van der Waals surface area contributed by atoms with Gasteiger partial charge in [-0.25, -0.2) is 4.79 Å². The van der Waals surface area contributed by atoms with Gasteiger partial charge in [-0.3, -0.25) is 9.69 Å². The monoisotopic (exact) mass is 212 g/mol. The zero-order chi connectivity index (χ0) is 11.2. The standard InChI is InChI=1S/C10H16N2O3/c1-6(2)12-9(13)7-4-15-5-8(7)11(3)10(12)14/h6-8H,4-5H2,1-3H3. The summed E-state index contributed by atoms with van der Waals surface area (Å²) in [5.41, 5.74) is 0. The van der Waals surface area contributed by atoms with Crippen molar-refractivity contribution >= 4 is 11.9 Å². The molecule has 2 heterocycles. The quantitative estimate of drug-likeness (QED) is 0.628. The van der Waals surface area contributed by atoms with Crippen molar-refractivity contribution in [3.8, 4) is 0 Å². The van der Waals surface area contributed by atoms with Gasteiger partial charge in [0, 0.05) is 13.1 Å². The summed E-state index contributed by atoms with van der Waals surface area (Å²) in [7, 11) is 1.73. The van der Waals surface area contributed by atoms with Gasteiger partial charge in [-0.2, -0.15) is 0 Å². The van der Waals surface area contributed by atoms with Gasteiger partial charge >= 0.3 is 6.03 Å². The molecule has 0 spiro atoms. The Balaban J connectivity index is 2.29. The fraction of sp³-hybridized carbons (Fsp3) is 0.800. The highest BCUT2D eigenvalue weighted by Crippen LogP contribution is 2.28. The molecule has 84 valence electrons. The van der Waals surface area contributed by atoms with Gasteiger partial charge in [0.15, 0.2) is 0 Å². The van der Waals surface area contributed by atoms with E-state index in [1.807, 2.05) is 13.8 Å². The first-order valence-electron chi connectivity index (χ1n) is 5.21. The van der Waals surface area contributed by atoms with Gasteiger partial charge in [-0.05, 0) is 13.8 Å². The van der Waals surface area contributed by atoms with Gasteiger partial charge in [0.1, 0.15) is 0 Å². The van der Waals surface area contributed by atoms with E-state index in [1.165, 1.54) is 4.90 Å². The average molecular weight is 212 g/mol. The van der Waals surface area contributed by atoms with Crippen molar-refractivity contribution in [3.05, 3.63) is 0 Å². The Morgan fingerprint density at radius 3 is 2.60 bits per heavy atom. The summed E-state index contributed by atoms with van der Waals surface area (Å²) in [5.74, 6) is -0.259. The second kappa shape index (κ2) is 3.48. The lowest BCUT2D eigenvalue weighted by molar-refractivity contribution is -0.138. The Morgan fingerprint density at radius 1 is 1.33 bits per heavy atom. The third kappa shape index (κ3) is 1.42. The van der Waals surface area contributed by atoms with E-state index in [0.29, 0.717) is 13.2 Å². The number of ether oxygens (including phenoxy) is 1. The maximum Gasteiger partial charge on any atom is 0.327 e. The lowest BCUT2D eigenvalue weighted by Gasteiger charge is -2.40. The van der Waals surface area contributed by atoms with Crippen LogP contribution in [0.15, 0.2) is 0 Å². The molecule has 5 nitrogen and oxygen atoms in total. The predicted octanol–water partition coefficient (Wildman–Crippen LogP) is 0.304. The van der Waals surface area contributed by atoms with Crippen LogP contribution < -0.4 is 0 Å². The molecule has 0 aliphatic carbocycles. The Bertz CT molecular complexity index is 303. The molecule has 15 heavy (non-hydrogen) atoms. The van der Waals surface area contributed by atoms with Crippen molar-refractivity contribution < 1.29 is 14.3 Å². The largest absolute Gasteiger partial charge is 0.378 e. The lowest BCUT2D eigenvalue weighted by atomic mass is 9.97. The molecule has 0 bridgehead atoms. The number of amides is 3. The Hall–Kier alpha value is -1.10. The van der Waals surface area contributed by atoms with E-state index in [9.17, 15) is 9.59 Å². The number of imide groups is 1. The van der Waals surface area contributed by atoms with E-state index in [2.05, 4.69) is 0 Å². The second-order valence-corrected chi connectivity index (χ2v) is 4.41. The average Bonchev–Trinajstić information content (AvgIpc) is 2.62. The van der Waals surface area contributed by atoms with Crippen LogP contribution in [0.5, 0.6) is 0 Å². The first-order chi connectivity index (χ1) is 7.04. The van der Waals surface area contributed by atoms with Crippen LogP contribution in [0.3, 0.4) is 0 Å². The van der Waals surface area contributed by atoms with Gasteiger partial charge in [0.25, 0.3) is 0 Å². The number of hydrogen-bond acceptors (Lipinski definition) is 3. The third-order valence-corrected chi connectivity index (χ3v) is 3.13. The highest BCUT2D eigenvalue weighted by atomic mass is 16.5. The fourth-order valence-corrected chi connectivity index (χ4v) is 2.22. The Kier molecular flexibility index (Phi) is 2.42. The van der Waals surface area contributed by atoms with E-state index in [0.717, 1.165) is 0 Å². The topological polar surface area (TPSA) is 49.9 Å². The fourth-order valence-electron chi connectivity index (χ4n) is 2.22. The molecule has 2 atom stereocenters. The highest BCUT2D eigenvalue weighted by molar-refractivity contribution is 5.99. The number of urea groups is 1. The molecule has 0 saturated carbocycles. The molecule has 5 heteroatoms. The lowest BCUT2D eigenvalue weighted by Crippen LogP contribution is -2.61. The summed E-state index contributed by atoms with van der Waals surface area (Å²) in [6.45, 7) is 4.61. The zero-order valence-electron chi connectivity index (χ0n) is 9.27. The zero-order valence-corrected chi connectivity index (χ0v) is 9.27. The molecule has 3 amide bonds. The Labute approximate surface area is 89.0 Å². The first-order valence-corrected chi connectivity index (χ1v) is 5.21. The molecular weight excluding hydrogens is 196 g/mol. The number of rotatable bonds is 1. The van der Waals surface area contributed by atoms with Crippen molar-refractivity contribution in [3.63, 3.8) is 0 Å². The molecule has 2 unspecified atom stereocenters. The number of nitrogens with zero attached hydrogens (tertiary/aromatic N) is 2. The first kappa shape index (κ1) is 10.4. The maximum atomic E-state index is 12.0. The Morgan fingerprint density at radius 2 is 2.00 bits per heavy atom. The second-order valence-electron chi connectivity index (χ2n) is 4.41. The molecule has 2 saturated heterocycles. The summed E-state index contributed by atoms with van der Waals surface area (Å²) < 4.78 is 5.27. The summed E-state index contributed by atoms with van der Waals surface area (Å²) in [5, 5.41) is 0. The normalized spacial score (nSPS) is 31.5. The molecule has 2 rings (SSSR count). The van der Waals surface area contributed by atoms with Gasteiger partial charge in [0.2, 0.25) is 5.91 Å². The van der Waals surface area contributed by atoms with Crippen LogP contribution in [0, 0.1) is 5.92 Å². The summed E-state index contributed by atoms with van der Waals surface area (Å²) in [4.78, 5) is 26.9. The minimum Gasteiger partial charge on any atom is -0.378 e. The number of carbonyl (C=O) groups is 2. The van der Waals surface area contributed by atoms with Crippen LogP contribution in [0.4, 0.5) is 4.79 Å². The van der Waals surface area contributed by atoms with E-state index < -0.39 is 0 Å². The van der Waals surface area contributed by atoms with Crippen LogP contribution in [0.1, 0.15) is 13.8 Å². The predicted molar refractivity (Wildman–Crippen MR) is 53.2 cm³/mol. The van der Waals surface area contributed by atoms with Crippen molar-refractivity contribution in [2.45, 2.75) is 25.9 Å². The number of carbonyl (C=O) groups excluding carboxylic acids is 2. The van der Waals surface area contributed by atoms with E-state index in [4.69, 9.17) is 4.74 Å². The molecule has 0 aromatic carbocycles. The summed E-state index contributed by atoms with van der Waals surface area (Å²) >= 11 is 0. The van der Waals surface area contributed by atoms with Gasteiger partial charge in [0.05, 0.1) is 25.2 Å². The molecule has 2 aliphatic rings. The van der Waals surface area contributed by atoms with Crippen LogP contribution >= 0.6 is 0 Å². The number of likely N-dealkylation sites (N-methyl/N-ethyl adjacent to an activating group) is 1. The van der Waals surface area contributed by atoms with Gasteiger partial charge in [-0.15, -0.1) is 0 Å². The summed E-state index contributed by atoms with van der Waals surface area (Å²) in [6, 6.07) is -0.365. The molecule has 0 aromatic heterocycles. The minimum absolute atomic E-state index is 0.0694. The number of hydrogen-bond donors (Lipinski definition) is 0.